The van der Waals surface area contributed by atoms with Crippen molar-refractivity contribution >= 4 is 22.8 Å². The fraction of sp³-hybridized carbons (Fsp3) is 0.692. The molecule has 1 unspecified atom stereocenters. The van der Waals surface area contributed by atoms with E-state index in [0.29, 0.717) is 26.4 Å². The zero-order valence-electron chi connectivity index (χ0n) is 12.4. The van der Waals surface area contributed by atoms with Crippen LogP contribution in [-0.2, 0) is 23.1 Å². The van der Waals surface area contributed by atoms with Crippen LogP contribution in [0.15, 0.2) is 0 Å². The lowest BCUT2D eigenvalue weighted by Crippen LogP contribution is -2.13. The smallest absolute Gasteiger partial charge is 0.158 e. The molecule has 2 rings (SSSR count). The number of ether oxygens (including phenoxy) is 2. The SMILES string of the molecule is COCCOCCn1c(C(C)Cl)nc2c(C)nn(C)c21. The first-order valence-corrected chi connectivity index (χ1v) is 7.10. The van der Waals surface area contributed by atoms with Crippen LogP contribution in [0.5, 0.6) is 0 Å². The maximum Gasteiger partial charge on any atom is 0.158 e. The molecule has 7 heteroatoms. The number of rotatable bonds is 7. The minimum Gasteiger partial charge on any atom is -0.382 e. The number of aryl methyl sites for hydroxylation is 2. The lowest BCUT2D eigenvalue weighted by molar-refractivity contribution is 0.0666. The lowest BCUT2D eigenvalue weighted by atomic mass is 10.4. The van der Waals surface area contributed by atoms with E-state index >= 15 is 0 Å². The van der Waals surface area contributed by atoms with Gasteiger partial charge in [0.25, 0.3) is 0 Å². The summed E-state index contributed by atoms with van der Waals surface area (Å²) in [6, 6.07) is 0. The summed E-state index contributed by atoms with van der Waals surface area (Å²) in [6.45, 7) is 6.36. The van der Waals surface area contributed by atoms with Gasteiger partial charge < -0.3 is 14.0 Å². The Morgan fingerprint density at radius 3 is 2.70 bits per heavy atom. The molecule has 0 bridgehead atoms. The second-order valence-electron chi connectivity index (χ2n) is 4.72. The van der Waals surface area contributed by atoms with E-state index in [0.717, 1.165) is 22.7 Å². The Balaban J connectivity index is 2.22. The third-order valence-corrected chi connectivity index (χ3v) is 3.36. The number of halogens is 1. The molecular formula is C13H21ClN4O2. The van der Waals surface area contributed by atoms with Crippen molar-refractivity contribution in [3.05, 3.63) is 11.5 Å². The Kier molecular flexibility index (Phi) is 5.01. The molecule has 0 spiro atoms. The van der Waals surface area contributed by atoms with E-state index < -0.39 is 0 Å². The van der Waals surface area contributed by atoms with Crippen molar-refractivity contribution in [1.29, 1.82) is 0 Å². The van der Waals surface area contributed by atoms with Crippen LogP contribution in [0.4, 0.5) is 0 Å². The van der Waals surface area contributed by atoms with Crippen molar-refractivity contribution in [2.45, 2.75) is 25.8 Å². The third-order valence-electron chi connectivity index (χ3n) is 3.17. The summed E-state index contributed by atoms with van der Waals surface area (Å²) in [5.41, 5.74) is 2.81. The van der Waals surface area contributed by atoms with Crippen LogP contribution in [-0.4, -0.2) is 46.3 Å². The first-order chi connectivity index (χ1) is 9.56. The summed E-state index contributed by atoms with van der Waals surface area (Å²) in [5.74, 6) is 0.855. The molecule has 20 heavy (non-hydrogen) atoms. The van der Waals surface area contributed by atoms with E-state index in [-0.39, 0.29) is 5.38 Å². The molecule has 0 N–H and O–H groups in total. The van der Waals surface area contributed by atoms with Gasteiger partial charge >= 0.3 is 0 Å². The van der Waals surface area contributed by atoms with Crippen molar-refractivity contribution in [1.82, 2.24) is 19.3 Å². The number of fused-ring (bicyclic) bond motifs is 1. The third kappa shape index (κ3) is 2.97. The summed E-state index contributed by atoms with van der Waals surface area (Å²) >= 11 is 6.23. The molecule has 2 heterocycles. The molecule has 1 atom stereocenters. The molecular weight excluding hydrogens is 280 g/mol. The van der Waals surface area contributed by atoms with E-state index in [1.54, 1.807) is 7.11 Å². The van der Waals surface area contributed by atoms with E-state index in [1.807, 2.05) is 25.6 Å². The molecule has 0 aliphatic carbocycles. The molecule has 0 radical (unpaired) electrons. The summed E-state index contributed by atoms with van der Waals surface area (Å²) < 4.78 is 14.4. The molecule has 0 amide bonds. The first-order valence-electron chi connectivity index (χ1n) is 6.66. The fourth-order valence-corrected chi connectivity index (χ4v) is 2.44. The van der Waals surface area contributed by atoms with Crippen LogP contribution in [0.2, 0.25) is 0 Å². The van der Waals surface area contributed by atoms with E-state index in [9.17, 15) is 0 Å². The molecule has 0 aliphatic heterocycles. The second-order valence-corrected chi connectivity index (χ2v) is 5.38. The van der Waals surface area contributed by atoms with Crippen LogP contribution in [0.3, 0.4) is 0 Å². The lowest BCUT2D eigenvalue weighted by Gasteiger charge is -2.11. The fourth-order valence-electron chi connectivity index (χ4n) is 2.28. The van der Waals surface area contributed by atoms with Crippen LogP contribution in [0.1, 0.15) is 23.8 Å². The number of alkyl halides is 1. The highest BCUT2D eigenvalue weighted by atomic mass is 35.5. The molecule has 2 aromatic heterocycles. The van der Waals surface area contributed by atoms with Gasteiger partial charge in [0, 0.05) is 20.7 Å². The number of hydrogen-bond acceptors (Lipinski definition) is 4. The topological polar surface area (TPSA) is 54.1 Å². The Hall–Kier alpha value is -1.11. The Labute approximate surface area is 123 Å². The Bertz CT molecular complexity index is 576. The Morgan fingerprint density at radius 1 is 1.30 bits per heavy atom. The molecule has 0 aromatic carbocycles. The molecule has 0 aliphatic rings. The van der Waals surface area contributed by atoms with Gasteiger partial charge in [-0.1, -0.05) is 0 Å². The van der Waals surface area contributed by atoms with Crippen molar-refractivity contribution in [3.8, 4) is 0 Å². The number of nitrogens with zero attached hydrogens (tertiary/aromatic N) is 4. The minimum atomic E-state index is -0.152. The van der Waals surface area contributed by atoms with Gasteiger partial charge in [0.1, 0.15) is 11.3 Å². The standard InChI is InChI=1S/C13H21ClN4O2/c1-9(14)12-15-11-10(2)16-17(3)13(11)18(12)5-6-20-8-7-19-4/h9H,5-8H2,1-4H3. The maximum atomic E-state index is 6.23. The van der Waals surface area contributed by atoms with Crippen LogP contribution in [0, 0.1) is 6.92 Å². The van der Waals surface area contributed by atoms with Crippen LogP contribution in [0.25, 0.3) is 11.2 Å². The highest BCUT2D eigenvalue weighted by molar-refractivity contribution is 6.20. The summed E-state index contributed by atoms with van der Waals surface area (Å²) in [5, 5.41) is 4.25. The van der Waals surface area contributed by atoms with Gasteiger partial charge in [-0.05, 0) is 13.8 Å². The highest BCUT2D eigenvalue weighted by Crippen LogP contribution is 2.25. The van der Waals surface area contributed by atoms with Gasteiger partial charge in [0.05, 0.1) is 30.9 Å². The summed E-state index contributed by atoms with van der Waals surface area (Å²) in [7, 11) is 3.58. The molecule has 6 nitrogen and oxygen atoms in total. The minimum absolute atomic E-state index is 0.152. The monoisotopic (exact) mass is 300 g/mol. The predicted octanol–water partition coefficient (Wildman–Crippen LogP) is 2.04. The van der Waals surface area contributed by atoms with Crippen molar-refractivity contribution in [2.75, 3.05) is 26.9 Å². The van der Waals surface area contributed by atoms with Gasteiger partial charge in [-0.2, -0.15) is 5.10 Å². The highest BCUT2D eigenvalue weighted by Gasteiger charge is 2.19. The van der Waals surface area contributed by atoms with Crippen LogP contribution >= 0.6 is 11.6 Å². The number of hydrogen-bond donors (Lipinski definition) is 0. The van der Waals surface area contributed by atoms with E-state index in [4.69, 9.17) is 21.1 Å². The molecule has 2 aromatic rings. The van der Waals surface area contributed by atoms with E-state index in [1.165, 1.54) is 0 Å². The average molecular weight is 301 g/mol. The normalized spacial score (nSPS) is 13.2. The van der Waals surface area contributed by atoms with Gasteiger partial charge in [0.2, 0.25) is 0 Å². The van der Waals surface area contributed by atoms with E-state index in [2.05, 4.69) is 14.6 Å². The summed E-state index contributed by atoms with van der Waals surface area (Å²) in [6.07, 6.45) is 0. The Morgan fingerprint density at radius 2 is 2.05 bits per heavy atom. The van der Waals surface area contributed by atoms with Crippen molar-refractivity contribution in [2.24, 2.45) is 7.05 Å². The van der Waals surface area contributed by atoms with Crippen molar-refractivity contribution < 1.29 is 9.47 Å². The quantitative estimate of drug-likeness (QED) is 0.580. The molecule has 112 valence electrons. The van der Waals surface area contributed by atoms with Gasteiger partial charge in [0.15, 0.2) is 5.65 Å². The van der Waals surface area contributed by atoms with Gasteiger partial charge in [-0.25, -0.2) is 4.98 Å². The maximum absolute atomic E-state index is 6.23. The molecule has 0 saturated heterocycles. The average Bonchev–Trinajstić information content (AvgIpc) is 2.89. The largest absolute Gasteiger partial charge is 0.382 e. The van der Waals surface area contributed by atoms with Gasteiger partial charge in [-0.15, -0.1) is 11.6 Å². The zero-order chi connectivity index (χ0) is 14.7. The number of imidazole rings is 1. The van der Waals surface area contributed by atoms with Crippen molar-refractivity contribution in [3.63, 3.8) is 0 Å². The number of methoxy groups -OCH3 is 1. The zero-order valence-corrected chi connectivity index (χ0v) is 13.1. The van der Waals surface area contributed by atoms with Gasteiger partial charge in [-0.3, -0.25) is 4.68 Å². The predicted molar refractivity (Wildman–Crippen MR) is 78.2 cm³/mol. The summed E-state index contributed by atoms with van der Waals surface area (Å²) in [4.78, 5) is 4.62. The molecule has 0 fully saturated rings. The number of aromatic nitrogens is 4. The second kappa shape index (κ2) is 6.56. The molecule has 0 saturated carbocycles. The first kappa shape index (κ1) is 15.3. The van der Waals surface area contributed by atoms with Crippen LogP contribution < -0.4 is 0 Å².